The van der Waals surface area contributed by atoms with Gasteiger partial charge in [-0.25, -0.2) is 4.98 Å². The molecule has 1 aromatic carbocycles. The van der Waals surface area contributed by atoms with Crippen molar-refractivity contribution in [2.45, 2.75) is 26.6 Å². The lowest BCUT2D eigenvalue weighted by Crippen LogP contribution is -2.28. The number of nitrogens with one attached hydrogen (secondary N) is 1. The van der Waals surface area contributed by atoms with E-state index in [0.717, 1.165) is 11.1 Å². The second-order valence-electron chi connectivity index (χ2n) is 6.43. The first-order valence-corrected chi connectivity index (χ1v) is 9.10. The second-order valence-corrected chi connectivity index (χ2v) is 6.43. The maximum Gasteiger partial charge on any atom is 0.277 e. The molecule has 28 heavy (non-hydrogen) atoms. The highest BCUT2D eigenvalue weighted by atomic mass is 16.3. The Kier molecular flexibility index (Phi) is 4.80. The molecule has 0 saturated carbocycles. The molecule has 0 saturated heterocycles. The molecule has 3 aromatic heterocycles. The van der Waals surface area contributed by atoms with Crippen LogP contribution in [0.3, 0.4) is 0 Å². The Bertz CT molecular complexity index is 1160. The van der Waals surface area contributed by atoms with Gasteiger partial charge < -0.3 is 14.3 Å². The summed E-state index contributed by atoms with van der Waals surface area (Å²) in [6.45, 7) is 2.72. The molecule has 0 aliphatic rings. The summed E-state index contributed by atoms with van der Waals surface area (Å²) in [5, 5.41) is 2.81. The Morgan fingerprint density at radius 2 is 1.96 bits per heavy atom. The van der Waals surface area contributed by atoms with Gasteiger partial charge in [-0.1, -0.05) is 30.3 Å². The average Bonchev–Trinajstić information content (AvgIpc) is 3.36. The fourth-order valence-electron chi connectivity index (χ4n) is 3.20. The zero-order chi connectivity index (χ0) is 19.5. The minimum atomic E-state index is -0.209. The van der Waals surface area contributed by atoms with Crippen LogP contribution in [0.4, 0.5) is 0 Å². The number of furan rings is 1. The highest BCUT2D eigenvalue weighted by Crippen LogP contribution is 2.27. The molecule has 0 bridgehead atoms. The number of nitrogens with zero attached hydrogens (tertiary/aromatic N) is 3. The van der Waals surface area contributed by atoms with Crippen molar-refractivity contribution in [1.82, 2.24) is 19.4 Å². The van der Waals surface area contributed by atoms with Gasteiger partial charge in [0.15, 0.2) is 0 Å². The summed E-state index contributed by atoms with van der Waals surface area (Å²) in [5.74, 6) is 0.463. The van der Waals surface area contributed by atoms with Gasteiger partial charge in [0.05, 0.1) is 19.1 Å². The molecule has 0 radical (unpaired) electrons. The van der Waals surface area contributed by atoms with E-state index >= 15 is 0 Å². The van der Waals surface area contributed by atoms with E-state index < -0.39 is 0 Å². The van der Waals surface area contributed by atoms with Crippen LogP contribution in [-0.4, -0.2) is 20.0 Å². The molecule has 0 aliphatic carbocycles. The highest BCUT2D eigenvalue weighted by molar-refractivity contribution is 5.93. The van der Waals surface area contributed by atoms with Crippen molar-refractivity contribution < 1.29 is 9.21 Å². The van der Waals surface area contributed by atoms with E-state index in [0.29, 0.717) is 29.9 Å². The summed E-state index contributed by atoms with van der Waals surface area (Å²) in [7, 11) is 0. The summed E-state index contributed by atoms with van der Waals surface area (Å²) in [4.78, 5) is 29.9. The van der Waals surface area contributed by atoms with Crippen molar-refractivity contribution >= 4 is 16.9 Å². The number of rotatable bonds is 6. The monoisotopic (exact) mass is 376 g/mol. The van der Waals surface area contributed by atoms with Gasteiger partial charge in [0, 0.05) is 18.3 Å². The molecular formula is C21H20N4O3. The molecule has 4 aromatic rings. The van der Waals surface area contributed by atoms with Crippen LogP contribution in [0, 0.1) is 0 Å². The number of aryl methyl sites for hydroxylation is 1. The number of amides is 1. The van der Waals surface area contributed by atoms with Gasteiger partial charge in [0.2, 0.25) is 5.91 Å². The van der Waals surface area contributed by atoms with E-state index in [9.17, 15) is 9.59 Å². The first kappa shape index (κ1) is 17.8. The van der Waals surface area contributed by atoms with E-state index in [2.05, 4.69) is 10.3 Å². The van der Waals surface area contributed by atoms with Gasteiger partial charge in [-0.15, -0.1) is 0 Å². The van der Waals surface area contributed by atoms with Crippen LogP contribution in [0.5, 0.6) is 0 Å². The van der Waals surface area contributed by atoms with Crippen LogP contribution in [0.25, 0.3) is 22.2 Å². The zero-order valence-corrected chi connectivity index (χ0v) is 15.5. The maximum atomic E-state index is 12.9. The number of carbonyl (C=O) groups is 1. The molecule has 142 valence electrons. The van der Waals surface area contributed by atoms with Gasteiger partial charge in [0.25, 0.3) is 5.56 Å². The lowest BCUT2D eigenvalue weighted by molar-refractivity contribution is -0.121. The predicted octanol–water partition coefficient (Wildman–Crippen LogP) is 2.79. The minimum absolute atomic E-state index is 0.0225. The topological polar surface area (TPSA) is 82.1 Å². The van der Waals surface area contributed by atoms with Crippen molar-refractivity contribution in [2.24, 2.45) is 0 Å². The molecule has 1 N–H and O–H groups in total. The third-order valence-electron chi connectivity index (χ3n) is 4.62. The van der Waals surface area contributed by atoms with E-state index in [1.807, 2.05) is 43.5 Å². The zero-order valence-electron chi connectivity index (χ0n) is 15.5. The largest absolute Gasteiger partial charge is 0.467 e. The van der Waals surface area contributed by atoms with Gasteiger partial charge in [-0.05, 0) is 24.6 Å². The van der Waals surface area contributed by atoms with Crippen LogP contribution in [-0.2, 0) is 24.4 Å². The van der Waals surface area contributed by atoms with Crippen molar-refractivity contribution in [1.29, 1.82) is 0 Å². The summed E-state index contributed by atoms with van der Waals surface area (Å²) in [6, 6.07) is 13.3. The molecule has 0 fully saturated rings. The number of hydrogen-bond donors (Lipinski definition) is 1. The molecule has 0 aliphatic heterocycles. The average molecular weight is 376 g/mol. The molecular weight excluding hydrogens is 356 g/mol. The van der Waals surface area contributed by atoms with Crippen LogP contribution in [0.2, 0.25) is 0 Å². The Hall–Kier alpha value is -3.61. The van der Waals surface area contributed by atoms with Crippen molar-refractivity contribution in [3.63, 3.8) is 0 Å². The standard InChI is InChI=1S/C21H20N4O3/c1-2-24-14-23-19-17(15-7-4-3-5-8-15)12-25(20(19)21(24)27)13-18(26)22-11-16-9-6-10-28-16/h3-10,12,14H,2,11,13H2,1H3,(H,22,26). The molecule has 7 heteroatoms. The fraction of sp³-hybridized carbons (Fsp3) is 0.190. The molecule has 4 rings (SSSR count). The fourth-order valence-corrected chi connectivity index (χ4v) is 3.20. The van der Waals surface area contributed by atoms with Gasteiger partial charge in [0.1, 0.15) is 23.3 Å². The Morgan fingerprint density at radius 1 is 1.14 bits per heavy atom. The summed E-state index contributed by atoms with van der Waals surface area (Å²) in [5.41, 5.74) is 2.64. The third kappa shape index (κ3) is 3.34. The normalized spacial score (nSPS) is 11.0. The van der Waals surface area contributed by atoms with Gasteiger partial charge in [-0.3, -0.25) is 14.2 Å². The summed E-state index contributed by atoms with van der Waals surface area (Å²) < 4.78 is 8.44. The molecule has 1 amide bonds. The predicted molar refractivity (Wildman–Crippen MR) is 106 cm³/mol. The third-order valence-corrected chi connectivity index (χ3v) is 4.62. The smallest absolute Gasteiger partial charge is 0.277 e. The Morgan fingerprint density at radius 3 is 2.68 bits per heavy atom. The van der Waals surface area contributed by atoms with Crippen molar-refractivity contribution in [2.75, 3.05) is 0 Å². The first-order valence-electron chi connectivity index (χ1n) is 9.10. The van der Waals surface area contributed by atoms with Crippen molar-refractivity contribution in [3.05, 3.63) is 77.4 Å². The maximum absolute atomic E-state index is 12.9. The quantitative estimate of drug-likeness (QED) is 0.561. The van der Waals surface area contributed by atoms with Crippen LogP contribution < -0.4 is 10.9 Å². The number of hydrogen-bond acceptors (Lipinski definition) is 4. The molecule has 3 heterocycles. The van der Waals surface area contributed by atoms with Gasteiger partial charge >= 0.3 is 0 Å². The van der Waals surface area contributed by atoms with Gasteiger partial charge in [-0.2, -0.15) is 0 Å². The van der Waals surface area contributed by atoms with E-state index in [-0.39, 0.29) is 18.0 Å². The second kappa shape index (κ2) is 7.56. The van der Waals surface area contributed by atoms with Crippen LogP contribution in [0.1, 0.15) is 12.7 Å². The molecule has 0 unspecified atom stereocenters. The van der Waals surface area contributed by atoms with Crippen LogP contribution in [0.15, 0.2) is 70.5 Å². The lowest BCUT2D eigenvalue weighted by atomic mass is 10.1. The van der Waals surface area contributed by atoms with Crippen LogP contribution >= 0.6 is 0 Å². The highest BCUT2D eigenvalue weighted by Gasteiger charge is 2.17. The summed E-state index contributed by atoms with van der Waals surface area (Å²) in [6.07, 6.45) is 4.94. The number of benzene rings is 1. The lowest BCUT2D eigenvalue weighted by Gasteiger charge is -2.07. The minimum Gasteiger partial charge on any atom is -0.467 e. The Labute approximate surface area is 161 Å². The van der Waals surface area contributed by atoms with E-state index in [1.54, 1.807) is 29.3 Å². The van der Waals surface area contributed by atoms with E-state index in [1.165, 1.54) is 4.57 Å². The van der Waals surface area contributed by atoms with Crippen molar-refractivity contribution in [3.8, 4) is 11.1 Å². The van der Waals surface area contributed by atoms with E-state index in [4.69, 9.17) is 4.42 Å². The first-order chi connectivity index (χ1) is 13.7. The number of fused-ring (bicyclic) bond motifs is 1. The molecule has 7 nitrogen and oxygen atoms in total. The SMILES string of the molecule is CCn1cnc2c(-c3ccccc3)cn(CC(=O)NCc3ccco3)c2c1=O. The molecule has 0 atom stereocenters. The Balaban J connectivity index is 1.72. The molecule has 0 spiro atoms. The number of carbonyl (C=O) groups excluding carboxylic acids is 1. The number of aromatic nitrogens is 3. The summed E-state index contributed by atoms with van der Waals surface area (Å²) >= 11 is 0.